The van der Waals surface area contributed by atoms with Gasteiger partial charge in [-0.2, -0.15) is 0 Å². The number of nitrogens with zero attached hydrogens (tertiary/aromatic N) is 1. The minimum Gasteiger partial charge on any atom is -0.379 e. The summed E-state index contributed by atoms with van der Waals surface area (Å²) < 4.78 is 5.58. The lowest BCUT2D eigenvalue weighted by Gasteiger charge is -2.20. The molecule has 1 atom stereocenters. The number of aliphatic imine (C=N–C) groups is 1. The van der Waals surface area contributed by atoms with Crippen LogP contribution in [0, 0.1) is 11.8 Å². The van der Waals surface area contributed by atoms with Crippen LogP contribution >= 0.6 is 0 Å². The number of ether oxygens (including phenoxy) is 1. The molecular formula is C14H29N3O. The third kappa shape index (κ3) is 6.84. The lowest BCUT2D eigenvalue weighted by Crippen LogP contribution is -2.44. The SMILES string of the molecule is CCNC(=NCCOCC1CC1)NC(C)C(C)C. The first-order valence-corrected chi connectivity index (χ1v) is 7.26. The van der Waals surface area contributed by atoms with E-state index in [0.717, 1.165) is 38.2 Å². The largest absolute Gasteiger partial charge is 0.379 e. The van der Waals surface area contributed by atoms with E-state index in [1.165, 1.54) is 12.8 Å². The normalized spacial score (nSPS) is 17.9. The lowest BCUT2D eigenvalue weighted by atomic mass is 10.1. The molecule has 0 aliphatic heterocycles. The molecule has 1 aliphatic rings. The molecule has 4 heteroatoms. The Bertz CT molecular complexity index is 249. The van der Waals surface area contributed by atoms with Crippen LogP contribution in [0.25, 0.3) is 0 Å². The Hall–Kier alpha value is -0.770. The molecule has 1 saturated carbocycles. The highest BCUT2D eigenvalue weighted by Gasteiger charge is 2.20. The average Bonchev–Trinajstić information content (AvgIpc) is 3.12. The fourth-order valence-corrected chi connectivity index (χ4v) is 1.46. The predicted molar refractivity (Wildman–Crippen MR) is 77.0 cm³/mol. The van der Waals surface area contributed by atoms with Crippen LogP contribution in [0.1, 0.15) is 40.5 Å². The first-order valence-electron chi connectivity index (χ1n) is 7.26. The summed E-state index contributed by atoms with van der Waals surface area (Å²) >= 11 is 0. The molecule has 0 saturated heterocycles. The van der Waals surface area contributed by atoms with Crippen molar-refractivity contribution in [3.63, 3.8) is 0 Å². The van der Waals surface area contributed by atoms with Gasteiger partial charge in [0.1, 0.15) is 0 Å². The average molecular weight is 255 g/mol. The molecule has 0 heterocycles. The van der Waals surface area contributed by atoms with Crippen molar-refractivity contribution in [2.45, 2.75) is 46.6 Å². The van der Waals surface area contributed by atoms with Gasteiger partial charge < -0.3 is 15.4 Å². The summed E-state index contributed by atoms with van der Waals surface area (Å²) in [5, 5.41) is 6.68. The summed E-state index contributed by atoms with van der Waals surface area (Å²) in [5.41, 5.74) is 0. The van der Waals surface area contributed by atoms with Crippen molar-refractivity contribution in [2.75, 3.05) is 26.3 Å². The van der Waals surface area contributed by atoms with Crippen molar-refractivity contribution in [1.29, 1.82) is 0 Å². The molecule has 0 bridgehead atoms. The third-order valence-corrected chi connectivity index (χ3v) is 3.26. The van der Waals surface area contributed by atoms with Gasteiger partial charge in [-0.15, -0.1) is 0 Å². The number of guanidine groups is 1. The Labute approximate surface area is 112 Å². The molecule has 0 aromatic rings. The van der Waals surface area contributed by atoms with Crippen LogP contribution in [0.15, 0.2) is 4.99 Å². The van der Waals surface area contributed by atoms with Gasteiger partial charge in [-0.25, -0.2) is 0 Å². The van der Waals surface area contributed by atoms with E-state index in [1.807, 2.05) is 0 Å². The van der Waals surface area contributed by atoms with E-state index < -0.39 is 0 Å². The molecule has 0 aromatic carbocycles. The fourth-order valence-electron chi connectivity index (χ4n) is 1.46. The summed E-state index contributed by atoms with van der Waals surface area (Å²) in [4.78, 5) is 4.52. The van der Waals surface area contributed by atoms with Crippen LogP contribution < -0.4 is 10.6 Å². The smallest absolute Gasteiger partial charge is 0.191 e. The van der Waals surface area contributed by atoms with Gasteiger partial charge in [0.05, 0.1) is 13.2 Å². The minimum absolute atomic E-state index is 0.426. The summed E-state index contributed by atoms with van der Waals surface area (Å²) in [6.45, 7) is 11.9. The molecule has 2 N–H and O–H groups in total. The van der Waals surface area contributed by atoms with Crippen LogP contribution in [0.5, 0.6) is 0 Å². The lowest BCUT2D eigenvalue weighted by molar-refractivity contribution is 0.131. The standard InChI is InChI=1S/C14H29N3O/c1-5-15-14(17-12(4)11(2)3)16-8-9-18-10-13-6-7-13/h11-13H,5-10H2,1-4H3,(H2,15,16,17). The van der Waals surface area contributed by atoms with E-state index in [2.05, 4.69) is 43.3 Å². The maximum absolute atomic E-state index is 5.58. The van der Waals surface area contributed by atoms with Crippen LogP contribution in [0.4, 0.5) is 0 Å². The van der Waals surface area contributed by atoms with Gasteiger partial charge in [0, 0.05) is 19.2 Å². The molecule has 106 valence electrons. The molecule has 1 fully saturated rings. The number of hydrogen-bond donors (Lipinski definition) is 2. The van der Waals surface area contributed by atoms with E-state index in [4.69, 9.17) is 4.74 Å². The predicted octanol–water partition coefficient (Wildman–Crippen LogP) is 2.01. The Morgan fingerprint density at radius 2 is 2.06 bits per heavy atom. The van der Waals surface area contributed by atoms with E-state index in [1.54, 1.807) is 0 Å². The van der Waals surface area contributed by atoms with Crippen LogP contribution in [-0.4, -0.2) is 38.3 Å². The molecular weight excluding hydrogens is 226 g/mol. The highest BCUT2D eigenvalue weighted by Crippen LogP contribution is 2.28. The van der Waals surface area contributed by atoms with Gasteiger partial charge in [-0.1, -0.05) is 13.8 Å². The molecule has 1 aliphatic carbocycles. The number of rotatable bonds is 8. The van der Waals surface area contributed by atoms with Gasteiger partial charge in [0.25, 0.3) is 0 Å². The quantitative estimate of drug-likeness (QED) is 0.396. The first kappa shape index (κ1) is 15.3. The maximum atomic E-state index is 5.58. The maximum Gasteiger partial charge on any atom is 0.191 e. The zero-order valence-electron chi connectivity index (χ0n) is 12.3. The Morgan fingerprint density at radius 1 is 1.33 bits per heavy atom. The Kier molecular flexibility index (Phi) is 7.09. The highest BCUT2D eigenvalue weighted by atomic mass is 16.5. The third-order valence-electron chi connectivity index (χ3n) is 3.26. The van der Waals surface area contributed by atoms with Crippen LogP contribution in [0.3, 0.4) is 0 Å². The number of hydrogen-bond acceptors (Lipinski definition) is 2. The molecule has 4 nitrogen and oxygen atoms in total. The summed E-state index contributed by atoms with van der Waals surface area (Å²) in [6.07, 6.45) is 2.69. The van der Waals surface area contributed by atoms with Gasteiger partial charge >= 0.3 is 0 Å². The minimum atomic E-state index is 0.426. The second-order valence-corrected chi connectivity index (χ2v) is 5.46. The van der Waals surface area contributed by atoms with Crippen molar-refractivity contribution < 1.29 is 4.74 Å². The van der Waals surface area contributed by atoms with Crippen molar-refractivity contribution in [1.82, 2.24) is 10.6 Å². The van der Waals surface area contributed by atoms with Gasteiger partial charge in [-0.3, -0.25) is 4.99 Å². The molecule has 0 amide bonds. The fraction of sp³-hybridized carbons (Fsp3) is 0.929. The van der Waals surface area contributed by atoms with Gasteiger partial charge in [-0.05, 0) is 38.5 Å². The zero-order valence-corrected chi connectivity index (χ0v) is 12.3. The first-order chi connectivity index (χ1) is 8.63. The second-order valence-electron chi connectivity index (χ2n) is 5.46. The van der Waals surface area contributed by atoms with E-state index in [9.17, 15) is 0 Å². The molecule has 0 spiro atoms. The van der Waals surface area contributed by atoms with E-state index in [0.29, 0.717) is 12.0 Å². The van der Waals surface area contributed by atoms with Crippen molar-refractivity contribution in [3.8, 4) is 0 Å². The van der Waals surface area contributed by atoms with Crippen molar-refractivity contribution >= 4 is 5.96 Å². The molecule has 0 radical (unpaired) electrons. The van der Waals surface area contributed by atoms with E-state index >= 15 is 0 Å². The molecule has 18 heavy (non-hydrogen) atoms. The molecule has 1 rings (SSSR count). The van der Waals surface area contributed by atoms with Crippen LogP contribution in [-0.2, 0) is 4.74 Å². The summed E-state index contributed by atoms with van der Waals surface area (Å²) in [7, 11) is 0. The Morgan fingerprint density at radius 3 is 2.61 bits per heavy atom. The highest BCUT2D eigenvalue weighted by molar-refractivity contribution is 5.80. The molecule has 1 unspecified atom stereocenters. The zero-order chi connectivity index (χ0) is 13.4. The van der Waals surface area contributed by atoms with Crippen molar-refractivity contribution in [3.05, 3.63) is 0 Å². The Balaban J connectivity index is 2.20. The van der Waals surface area contributed by atoms with Crippen molar-refractivity contribution in [2.24, 2.45) is 16.8 Å². The van der Waals surface area contributed by atoms with E-state index in [-0.39, 0.29) is 0 Å². The van der Waals surface area contributed by atoms with Gasteiger partial charge in [0.15, 0.2) is 5.96 Å². The molecule has 0 aromatic heterocycles. The second kappa shape index (κ2) is 8.35. The topological polar surface area (TPSA) is 45.7 Å². The van der Waals surface area contributed by atoms with Crippen LogP contribution in [0.2, 0.25) is 0 Å². The summed E-state index contributed by atoms with van der Waals surface area (Å²) in [5.74, 6) is 2.33. The monoisotopic (exact) mass is 255 g/mol. The van der Waals surface area contributed by atoms with Gasteiger partial charge in [0.2, 0.25) is 0 Å². The summed E-state index contributed by atoms with van der Waals surface area (Å²) in [6, 6.07) is 0.426. The number of nitrogens with one attached hydrogen (secondary N) is 2.